The van der Waals surface area contributed by atoms with Crippen molar-refractivity contribution in [3.63, 3.8) is 0 Å². The van der Waals surface area contributed by atoms with Gasteiger partial charge in [-0.1, -0.05) is 0 Å². The standard InChI is InChI=1S/C10H10F2N4O2S/c11-6-3-7(12)9(4-8(6)13)19(17,18)16-5-10-14-1-2-15-10/h1-4,16H,5,13H2,(H,14,15). The highest BCUT2D eigenvalue weighted by atomic mass is 32.2. The van der Waals surface area contributed by atoms with E-state index in [1.807, 2.05) is 0 Å². The van der Waals surface area contributed by atoms with Gasteiger partial charge in [0.05, 0.1) is 12.2 Å². The van der Waals surface area contributed by atoms with Crippen molar-refractivity contribution in [2.75, 3.05) is 5.73 Å². The molecule has 6 nitrogen and oxygen atoms in total. The van der Waals surface area contributed by atoms with Crippen molar-refractivity contribution in [3.8, 4) is 0 Å². The van der Waals surface area contributed by atoms with Gasteiger partial charge in [-0.15, -0.1) is 0 Å². The molecule has 9 heteroatoms. The van der Waals surface area contributed by atoms with E-state index in [0.717, 1.165) is 6.07 Å². The molecule has 0 atom stereocenters. The fourth-order valence-corrected chi connectivity index (χ4v) is 2.47. The van der Waals surface area contributed by atoms with Crippen molar-refractivity contribution in [2.45, 2.75) is 11.4 Å². The first-order valence-electron chi connectivity index (χ1n) is 5.12. The second-order valence-electron chi connectivity index (χ2n) is 3.66. The number of hydrogen-bond acceptors (Lipinski definition) is 4. The van der Waals surface area contributed by atoms with Gasteiger partial charge in [-0.05, 0) is 6.07 Å². The Kier molecular flexibility index (Phi) is 3.49. The number of hydrogen-bond donors (Lipinski definition) is 3. The summed E-state index contributed by atoms with van der Waals surface area (Å²) in [5.41, 5.74) is 4.78. The van der Waals surface area contributed by atoms with Crippen molar-refractivity contribution in [3.05, 3.63) is 42.0 Å². The molecular weight excluding hydrogens is 278 g/mol. The van der Waals surface area contributed by atoms with Crippen LogP contribution in [0.25, 0.3) is 0 Å². The first kappa shape index (κ1) is 13.4. The van der Waals surface area contributed by atoms with Gasteiger partial charge in [0.15, 0.2) is 0 Å². The largest absolute Gasteiger partial charge is 0.396 e. The van der Waals surface area contributed by atoms with Crippen LogP contribution >= 0.6 is 0 Å². The minimum atomic E-state index is -4.14. The zero-order valence-electron chi connectivity index (χ0n) is 9.52. The first-order chi connectivity index (χ1) is 8.90. The maximum absolute atomic E-state index is 13.5. The fourth-order valence-electron chi connectivity index (χ4n) is 1.39. The summed E-state index contributed by atoms with van der Waals surface area (Å²) in [6, 6.07) is 1.16. The number of sulfonamides is 1. The molecule has 19 heavy (non-hydrogen) atoms. The molecule has 0 saturated carbocycles. The summed E-state index contributed by atoms with van der Waals surface area (Å²) in [4.78, 5) is 5.78. The minimum absolute atomic E-state index is 0.147. The number of aromatic nitrogens is 2. The Labute approximate surface area is 107 Å². The number of anilines is 1. The summed E-state index contributed by atoms with van der Waals surface area (Å²) >= 11 is 0. The van der Waals surface area contributed by atoms with Crippen LogP contribution in [0.1, 0.15) is 5.82 Å². The Morgan fingerprint density at radius 2 is 2.05 bits per heavy atom. The number of halogens is 2. The van der Waals surface area contributed by atoms with Crippen LogP contribution < -0.4 is 10.5 Å². The molecule has 0 aliphatic carbocycles. The molecule has 0 radical (unpaired) electrons. The molecular formula is C10H10F2N4O2S. The highest BCUT2D eigenvalue weighted by Crippen LogP contribution is 2.20. The Balaban J connectivity index is 2.27. The van der Waals surface area contributed by atoms with Gasteiger partial charge in [0, 0.05) is 18.5 Å². The first-order valence-corrected chi connectivity index (χ1v) is 6.61. The third-order valence-corrected chi connectivity index (χ3v) is 3.74. The third-order valence-electron chi connectivity index (χ3n) is 2.33. The molecule has 0 aliphatic heterocycles. The Morgan fingerprint density at radius 1 is 1.32 bits per heavy atom. The number of imidazole rings is 1. The second kappa shape index (κ2) is 4.94. The van der Waals surface area contributed by atoms with E-state index in [2.05, 4.69) is 14.7 Å². The van der Waals surface area contributed by atoms with Crippen molar-refractivity contribution < 1.29 is 17.2 Å². The van der Waals surface area contributed by atoms with Crippen molar-refractivity contribution in [1.29, 1.82) is 0 Å². The monoisotopic (exact) mass is 288 g/mol. The van der Waals surface area contributed by atoms with E-state index in [9.17, 15) is 17.2 Å². The van der Waals surface area contributed by atoms with Crippen LogP contribution in [0.2, 0.25) is 0 Å². The lowest BCUT2D eigenvalue weighted by Gasteiger charge is -2.08. The van der Waals surface area contributed by atoms with Crippen LogP contribution in [0.5, 0.6) is 0 Å². The number of H-pyrrole nitrogens is 1. The Morgan fingerprint density at radius 3 is 2.68 bits per heavy atom. The molecule has 0 amide bonds. The van der Waals surface area contributed by atoms with E-state index in [1.54, 1.807) is 0 Å². The van der Waals surface area contributed by atoms with Gasteiger partial charge in [-0.25, -0.2) is 26.9 Å². The second-order valence-corrected chi connectivity index (χ2v) is 5.40. The van der Waals surface area contributed by atoms with Gasteiger partial charge in [-0.2, -0.15) is 0 Å². The maximum Gasteiger partial charge on any atom is 0.243 e. The van der Waals surface area contributed by atoms with Crippen molar-refractivity contribution in [1.82, 2.24) is 14.7 Å². The third kappa shape index (κ3) is 2.88. The smallest absolute Gasteiger partial charge is 0.243 e. The zero-order chi connectivity index (χ0) is 14.0. The van der Waals surface area contributed by atoms with E-state index in [4.69, 9.17) is 5.73 Å². The molecule has 2 rings (SSSR count). The van der Waals surface area contributed by atoms with E-state index in [1.165, 1.54) is 12.4 Å². The Bertz CT molecular complexity index is 686. The number of benzene rings is 1. The van der Waals surface area contributed by atoms with Crippen LogP contribution in [0, 0.1) is 11.6 Å². The Hall–Kier alpha value is -2.00. The summed E-state index contributed by atoms with van der Waals surface area (Å²) in [6.45, 7) is -0.147. The van der Waals surface area contributed by atoms with Crippen molar-refractivity contribution in [2.24, 2.45) is 0 Å². The molecule has 0 aliphatic rings. The molecule has 0 spiro atoms. The highest BCUT2D eigenvalue weighted by Gasteiger charge is 2.21. The van der Waals surface area contributed by atoms with E-state index < -0.39 is 32.2 Å². The lowest BCUT2D eigenvalue weighted by molar-refractivity contribution is 0.544. The number of rotatable bonds is 4. The molecule has 0 unspecified atom stereocenters. The topological polar surface area (TPSA) is 101 Å². The lowest BCUT2D eigenvalue weighted by atomic mass is 10.3. The van der Waals surface area contributed by atoms with Gasteiger partial charge in [0.1, 0.15) is 22.4 Å². The molecule has 2 aromatic rings. The van der Waals surface area contributed by atoms with Gasteiger partial charge >= 0.3 is 0 Å². The average molecular weight is 288 g/mol. The zero-order valence-corrected chi connectivity index (χ0v) is 10.3. The molecule has 4 N–H and O–H groups in total. The van der Waals surface area contributed by atoms with Crippen LogP contribution in [0.3, 0.4) is 0 Å². The molecule has 1 aromatic heterocycles. The fraction of sp³-hybridized carbons (Fsp3) is 0.100. The number of nitrogens with zero attached hydrogens (tertiary/aromatic N) is 1. The lowest BCUT2D eigenvalue weighted by Crippen LogP contribution is -2.25. The molecule has 1 aromatic carbocycles. The van der Waals surface area contributed by atoms with Gasteiger partial charge in [0.25, 0.3) is 0 Å². The molecule has 0 saturated heterocycles. The summed E-state index contributed by atoms with van der Waals surface area (Å²) in [6.07, 6.45) is 2.96. The van der Waals surface area contributed by atoms with Crippen LogP contribution in [-0.4, -0.2) is 18.4 Å². The number of nitrogens with one attached hydrogen (secondary N) is 2. The van der Waals surface area contributed by atoms with E-state index >= 15 is 0 Å². The molecule has 0 fully saturated rings. The van der Waals surface area contributed by atoms with Crippen LogP contribution in [-0.2, 0) is 16.6 Å². The van der Waals surface area contributed by atoms with Crippen molar-refractivity contribution >= 4 is 15.7 Å². The quantitative estimate of drug-likeness (QED) is 0.722. The number of aromatic amines is 1. The summed E-state index contributed by atoms with van der Waals surface area (Å²) < 4.78 is 52.2. The summed E-state index contributed by atoms with van der Waals surface area (Å²) in [5, 5.41) is 0. The molecule has 1 heterocycles. The predicted molar refractivity (Wildman–Crippen MR) is 63.4 cm³/mol. The van der Waals surface area contributed by atoms with Crippen LogP contribution in [0.4, 0.5) is 14.5 Å². The van der Waals surface area contributed by atoms with E-state index in [-0.39, 0.29) is 6.54 Å². The average Bonchev–Trinajstić information content (AvgIpc) is 2.84. The normalized spacial score (nSPS) is 11.7. The van der Waals surface area contributed by atoms with E-state index in [0.29, 0.717) is 11.9 Å². The summed E-state index contributed by atoms with van der Waals surface area (Å²) in [5.74, 6) is -1.86. The van der Waals surface area contributed by atoms with Crippen LogP contribution in [0.15, 0.2) is 29.4 Å². The molecule has 0 bridgehead atoms. The highest BCUT2D eigenvalue weighted by molar-refractivity contribution is 7.89. The van der Waals surface area contributed by atoms with Gasteiger partial charge in [0.2, 0.25) is 10.0 Å². The van der Waals surface area contributed by atoms with Gasteiger partial charge < -0.3 is 10.7 Å². The predicted octanol–water partition coefficient (Wildman–Crippen LogP) is 0.749. The minimum Gasteiger partial charge on any atom is -0.396 e. The number of nitrogens with two attached hydrogens (primary N) is 1. The maximum atomic E-state index is 13.5. The SMILES string of the molecule is Nc1cc(S(=O)(=O)NCc2ncc[nH]2)c(F)cc1F. The summed E-state index contributed by atoms with van der Waals surface area (Å²) in [7, 11) is -4.14. The molecule has 102 valence electrons. The van der Waals surface area contributed by atoms with Gasteiger partial charge in [-0.3, -0.25) is 0 Å². The number of nitrogen functional groups attached to an aromatic ring is 1.